The van der Waals surface area contributed by atoms with Crippen molar-refractivity contribution in [1.29, 1.82) is 0 Å². The molecule has 7 heteroatoms. The van der Waals surface area contributed by atoms with E-state index in [4.69, 9.17) is 5.73 Å². The SMILES string of the molecule is N[C@H]1CCC[C@@H](C(O)NC2Sc3c(ccc4cc(F)ccc34)[N+]2=O)C1. The zero-order chi connectivity index (χ0) is 17.6. The van der Waals surface area contributed by atoms with E-state index in [1.54, 1.807) is 18.2 Å². The molecule has 2 aliphatic rings. The zero-order valence-corrected chi connectivity index (χ0v) is 14.5. The average molecular weight is 362 g/mol. The Bertz CT molecular complexity index is 831. The summed E-state index contributed by atoms with van der Waals surface area (Å²) in [7, 11) is 0. The smallest absolute Gasteiger partial charge is 0.315 e. The van der Waals surface area contributed by atoms with Gasteiger partial charge in [0.05, 0.1) is 9.66 Å². The third-order valence-electron chi connectivity index (χ3n) is 5.11. The van der Waals surface area contributed by atoms with Crippen LogP contribution in [0.1, 0.15) is 25.7 Å². The second-order valence-corrected chi connectivity index (χ2v) is 7.96. The van der Waals surface area contributed by atoms with Crippen LogP contribution in [-0.4, -0.2) is 27.6 Å². The summed E-state index contributed by atoms with van der Waals surface area (Å²) in [4.78, 5) is 13.4. The number of fused-ring (bicyclic) bond motifs is 3. The summed E-state index contributed by atoms with van der Waals surface area (Å²) in [6, 6.07) is 8.14. The van der Waals surface area contributed by atoms with E-state index in [0.29, 0.717) is 5.69 Å². The van der Waals surface area contributed by atoms with E-state index in [1.807, 2.05) is 0 Å². The van der Waals surface area contributed by atoms with Crippen molar-refractivity contribution in [1.82, 2.24) is 5.32 Å². The summed E-state index contributed by atoms with van der Waals surface area (Å²) in [5.74, 6) is -0.236. The van der Waals surface area contributed by atoms with Crippen molar-refractivity contribution in [3.63, 3.8) is 0 Å². The highest BCUT2D eigenvalue weighted by atomic mass is 32.2. The number of hydrogen-bond donors (Lipinski definition) is 3. The molecular weight excluding hydrogens is 341 g/mol. The highest BCUT2D eigenvalue weighted by Crippen LogP contribution is 2.45. The molecule has 0 spiro atoms. The van der Waals surface area contributed by atoms with Gasteiger partial charge in [-0.15, -0.1) is 0 Å². The van der Waals surface area contributed by atoms with Crippen molar-refractivity contribution in [3.8, 4) is 0 Å². The van der Waals surface area contributed by atoms with E-state index in [-0.39, 0.29) is 17.8 Å². The van der Waals surface area contributed by atoms with Crippen molar-refractivity contribution in [2.45, 2.75) is 48.3 Å². The Morgan fingerprint density at radius 3 is 2.96 bits per heavy atom. The fraction of sp³-hybridized carbons (Fsp3) is 0.444. The lowest BCUT2D eigenvalue weighted by molar-refractivity contribution is -0.485. The number of nitrogens with zero attached hydrogens (tertiary/aromatic N) is 1. The number of nitrogens with one attached hydrogen (secondary N) is 1. The lowest BCUT2D eigenvalue weighted by Gasteiger charge is -2.30. The maximum Gasteiger partial charge on any atom is 0.315 e. The monoisotopic (exact) mass is 362 g/mol. The molecule has 4 atom stereocenters. The molecule has 2 unspecified atom stereocenters. The van der Waals surface area contributed by atoms with Gasteiger partial charge in [0.15, 0.2) is 0 Å². The molecular formula is C18H21FN3O2S+. The number of aliphatic hydroxyl groups excluding tert-OH is 1. The maximum atomic E-state index is 13.4. The van der Waals surface area contributed by atoms with Crippen molar-refractivity contribution in [3.05, 3.63) is 41.1 Å². The van der Waals surface area contributed by atoms with Crippen LogP contribution in [0.15, 0.2) is 35.2 Å². The topological polar surface area (TPSA) is 78.4 Å². The molecule has 132 valence electrons. The van der Waals surface area contributed by atoms with Crippen LogP contribution < -0.4 is 11.1 Å². The average Bonchev–Trinajstić information content (AvgIpc) is 2.91. The number of halogens is 1. The van der Waals surface area contributed by atoms with E-state index in [2.05, 4.69) is 5.32 Å². The Balaban J connectivity index is 1.55. The normalized spacial score (nSPS) is 27.5. The molecule has 1 heterocycles. The van der Waals surface area contributed by atoms with Crippen LogP contribution >= 0.6 is 11.8 Å². The third kappa shape index (κ3) is 3.17. The molecule has 1 saturated carbocycles. The van der Waals surface area contributed by atoms with Gasteiger partial charge in [-0.2, -0.15) is 0 Å². The Morgan fingerprint density at radius 2 is 2.16 bits per heavy atom. The van der Waals surface area contributed by atoms with Gasteiger partial charge in [0, 0.05) is 22.4 Å². The quantitative estimate of drug-likeness (QED) is 0.577. The van der Waals surface area contributed by atoms with Gasteiger partial charge < -0.3 is 10.8 Å². The van der Waals surface area contributed by atoms with Crippen molar-refractivity contribution >= 4 is 28.2 Å². The third-order valence-corrected chi connectivity index (χ3v) is 6.32. The summed E-state index contributed by atoms with van der Waals surface area (Å²) >= 11 is 1.36. The molecule has 1 fully saturated rings. The molecule has 0 amide bonds. The molecule has 5 nitrogen and oxygen atoms in total. The minimum absolute atomic E-state index is 0.0623. The summed E-state index contributed by atoms with van der Waals surface area (Å²) in [6.45, 7) is 0. The van der Waals surface area contributed by atoms with Gasteiger partial charge in [-0.25, -0.2) is 9.71 Å². The lowest BCUT2D eigenvalue weighted by atomic mass is 9.85. The number of nitroso groups, excluding NO2 is 1. The zero-order valence-electron chi connectivity index (χ0n) is 13.7. The summed E-state index contributed by atoms with van der Waals surface area (Å²) in [5, 5.41) is 15.2. The van der Waals surface area contributed by atoms with Crippen LogP contribution in [-0.2, 0) is 0 Å². The highest BCUT2D eigenvalue weighted by Gasteiger charge is 2.43. The largest absolute Gasteiger partial charge is 0.378 e. The molecule has 4 rings (SSSR count). The first kappa shape index (κ1) is 16.9. The van der Waals surface area contributed by atoms with Gasteiger partial charge in [0.25, 0.3) is 5.69 Å². The van der Waals surface area contributed by atoms with Gasteiger partial charge in [-0.05, 0) is 60.5 Å². The summed E-state index contributed by atoms with van der Waals surface area (Å²) in [5.41, 5.74) is 5.95. The molecule has 2 aromatic carbocycles. The van der Waals surface area contributed by atoms with Gasteiger partial charge in [0.1, 0.15) is 12.0 Å². The first-order chi connectivity index (χ1) is 12.0. The van der Waals surface area contributed by atoms with Crippen LogP contribution in [0.25, 0.3) is 10.8 Å². The minimum Gasteiger partial charge on any atom is -0.378 e. The Kier molecular flexibility index (Phi) is 4.49. The maximum absolute atomic E-state index is 13.4. The van der Waals surface area contributed by atoms with Crippen molar-refractivity contribution in [2.75, 3.05) is 0 Å². The van der Waals surface area contributed by atoms with Gasteiger partial charge in [0.2, 0.25) is 0 Å². The van der Waals surface area contributed by atoms with E-state index < -0.39 is 11.7 Å². The Morgan fingerprint density at radius 1 is 1.32 bits per heavy atom. The van der Waals surface area contributed by atoms with Gasteiger partial charge >= 0.3 is 5.50 Å². The van der Waals surface area contributed by atoms with Crippen LogP contribution in [0, 0.1) is 16.6 Å². The second-order valence-electron chi connectivity index (χ2n) is 6.87. The number of thioether (sulfide) groups is 1. The van der Waals surface area contributed by atoms with Gasteiger partial charge in [-0.3, -0.25) is 0 Å². The molecule has 0 saturated heterocycles. The second kappa shape index (κ2) is 6.64. The first-order valence-electron chi connectivity index (χ1n) is 8.58. The molecule has 1 aliphatic carbocycles. The molecule has 4 N–H and O–H groups in total. The number of hydrogen-bond acceptors (Lipinski definition) is 5. The van der Waals surface area contributed by atoms with Crippen LogP contribution in [0.5, 0.6) is 0 Å². The number of aliphatic hydroxyl groups is 1. The molecule has 0 bridgehead atoms. The number of benzene rings is 2. The van der Waals surface area contributed by atoms with E-state index in [9.17, 15) is 14.4 Å². The lowest BCUT2D eigenvalue weighted by Crippen LogP contribution is -2.46. The standard InChI is InChI=1S/C18H21FN3O2S/c19-12-5-6-14-10(8-12)4-7-15-16(14)25-18(22(15)24)21-17(23)11-2-1-3-13(20)9-11/h4-8,11,13,17-18,21,23H,1-3,9,20H2/q+1/t11-,13+,17?,18?/m1/s1. The molecule has 2 aromatic rings. The van der Waals surface area contributed by atoms with E-state index in [1.165, 1.54) is 23.9 Å². The minimum atomic E-state index is -0.765. The van der Waals surface area contributed by atoms with Gasteiger partial charge in [-0.1, -0.05) is 12.5 Å². The van der Waals surface area contributed by atoms with Crippen LogP contribution in [0.3, 0.4) is 0 Å². The summed E-state index contributed by atoms with van der Waals surface area (Å²) in [6.07, 6.45) is 2.90. The van der Waals surface area contributed by atoms with Crippen molar-refractivity contribution in [2.24, 2.45) is 11.7 Å². The van der Waals surface area contributed by atoms with Crippen LogP contribution in [0.4, 0.5) is 10.1 Å². The fourth-order valence-electron chi connectivity index (χ4n) is 3.78. The molecule has 0 aromatic heterocycles. The predicted octanol–water partition coefficient (Wildman–Crippen LogP) is 3.20. The molecule has 1 aliphatic heterocycles. The van der Waals surface area contributed by atoms with Crippen molar-refractivity contribution < 1.29 is 14.3 Å². The number of nitrogens with two attached hydrogens (primary N) is 1. The molecule has 0 radical (unpaired) electrons. The first-order valence-corrected chi connectivity index (χ1v) is 9.46. The fourth-order valence-corrected chi connectivity index (χ4v) is 5.01. The number of rotatable bonds is 3. The Hall–Kier alpha value is -1.54. The Labute approximate surface area is 149 Å². The molecule has 25 heavy (non-hydrogen) atoms. The highest BCUT2D eigenvalue weighted by molar-refractivity contribution is 8.00. The van der Waals surface area contributed by atoms with E-state index in [0.717, 1.165) is 46.1 Å². The predicted molar refractivity (Wildman–Crippen MR) is 95.9 cm³/mol. The van der Waals surface area contributed by atoms with E-state index >= 15 is 0 Å². The van der Waals surface area contributed by atoms with Crippen LogP contribution in [0.2, 0.25) is 0 Å². The summed E-state index contributed by atoms with van der Waals surface area (Å²) < 4.78 is 14.3.